The van der Waals surface area contributed by atoms with E-state index in [1.165, 1.54) is 12.1 Å². The van der Waals surface area contributed by atoms with Crippen molar-refractivity contribution >= 4 is 21.4 Å². The van der Waals surface area contributed by atoms with Crippen molar-refractivity contribution in [3.8, 4) is 11.6 Å². The van der Waals surface area contributed by atoms with E-state index in [4.69, 9.17) is 4.74 Å². The number of nitrogens with zero attached hydrogens (tertiary/aromatic N) is 3. The Morgan fingerprint density at radius 3 is 2.89 bits per heavy atom. The van der Waals surface area contributed by atoms with Gasteiger partial charge in [0.2, 0.25) is 5.88 Å². The van der Waals surface area contributed by atoms with Crippen LogP contribution in [-0.4, -0.2) is 14.6 Å². The molecule has 0 atom stereocenters. The molecule has 19 heavy (non-hydrogen) atoms. The molecule has 0 N–H and O–H groups in total. The van der Waals surface area contributed by atoms with E-state index in [2.05, 4.69) is 26.0 Å². The molecule has 0 saturated carbocycles. The van der Waals surface area contributed by atoms with Crippen LogP contribution in [0.5, 0.6) is 11.6 Å². The molecule has 3 aromatic rings. The topological polar surface area (TPSA) is 39.4 Å². The summed E-state index contributed by atoms with van der Waals surface area (Å²) in [5.41, 5.74) is 1.60. The van der Waals surface area contributed by atoms with Crippen molar-refractivity contribution in [2.45, 2.75) is 6.92 Å². The van der Waals surface area contributed by atoms with E-state index in [0.29, 0.717) is 16.1 Å². The Morgan fingerprint density at radius 2 is 2.11 bits per heavy atom. The average Bonchev–Trinajstić information content (AvgIpc) is 2.69. The monoisotopic (exact) mass is 321 g/mol. The van der Waals surface area contributed by atoms with Crippen molar-refractivity contribution in [1.29, 1.82) is 0 Å². The summed E-state index contributed by atoms with van der Waals surface area (Å²) in [7, 11) is 0. The SMILES string of the molecule is Cc1cc2c(Oc3cc(F)cc(Br)c3)nccn2n1. The Labute approximate surface area is 117 Å². The molecule has 0 amide bonds. The van der Waals surface area contributed by atoms with Crippen molar-refractivity contribution in [1.82, 2.24) is 14.6 Å². The Morgan fingerprint density at radius 1 is 1.26 bits per heavy atom. The number of aromatic nitrogens is 3. The minimum Gasteiger partial charge on any atom is -0.437 e. The molecule has 4 nitrogen and oxygen atoms in total. The molecule has 0 spiro atoms. The zero-order valence-corrected chi connectivity index (χ0v) is 11.6. The fourth-order valence-electron chi connectivity index (χ4n) is 1.80. The fraction of sp³-hybridized carbons (Fsp3) is 0.0769. The largest absolute Gasteiger partial charge is 0.437 e. The van der Waals surface area contributed by atoms with Crippen LogP contribution in [0.4, 0.5) is 4.39 Å². The first-order valence-corrected chi connectivity index (χ1v) is 6.36. The van der Waals surface area contributed by atoms with Crippen molar-refractivity contribution < 1.29 is 9.13 Å². The van der Waals surface area contributed by atoms with Crippen LogP contribution >= 0.6 is 15.9 Å². The van der Waals surface area contributed by atoms with E-state index in [-0.39, 0.29) is 5.82 Å². The molecule has 6 heteroatoms. The predicted octanol–water partition coefficient (Wildman–Crippen LogP) is 3.73. The van der Waals surface area contributed by atoms with Gasteiger partial charge in [-0.2, -0.15) is 5.10 Å². The number of hydrogen-bond acceptors (Lipinski definition) is 3. The van der Waals surface area contributed by atoms with Crippen molar-refractivity contribution in [2.24, 2.45) is 0 Å². The van der Waals surface area contributed by atoms with Gasteiger partial charge in [0.15, 0.2) is 0 Å². The summed E-state index contributed by atoms with van der Waals surface area (Å²) >= 11 is 3.22. The van der Waals surface area contributed by atoms with Crippen molar-refractivity contribution in [2.75, 3.05) is 0 Å². The van der Waals surface area contributed by atoms with Crippen LogP contribution < -0.4 is 4.74 Å². The molecule has 0 saturated heterocycles. The number of halogens is 2. The van der Waals surface area contributed by atoms with Crippen molar-refractivity contribution in [3.05, 3.63) is 52.6 Å². The molecule has 0 unspecified atom stereocenters. The minimum absolute atomic E-state index is 0.374. The standard InChI is InChI=1S/C13H9BrFN3O/c1-8-4-12-13(16-2-3-18(12)17-8)19-11-6-9(14)5-10(15)7-11/h2-7H,1H3. The molecule has 2 heterocycles. The molecule has 1 aromatic carbocycles. The van der Waals surface area contributed by atoms with Gasteiger partial charge in [-0.05, 0) is 25.1 Å². The second-order valence-electron chi connectivity index (χ2n) is 4.06. The van der Waals surface area contributed by atoms with Gasteiger partial charge < -0.3 is 4.74 Å². The van der Waals surface area contributed by atoms with E-state index in [1.807, 2.05) is 13.0 Å². The summed E-state index contributed by atoms with van der Waals surface area (Å²) < 4.78 is 21.2. The molecule has 0 bridgehead atoms. The van der Waals surface area contributed by atoms with E-state index in [9.17, 15) is 4.39 Å². The normalized spacial score (nSPS) is 10.9. The van der Waals surface area contributed by atoms with Gasteiger partial charge in [-0.1, -0.05) is 15.9 Å². The number of aryl methyl sites for hydroxylation is 1. The van der Waals surface area contributed by atoms with E-state index in [1.54, 1.807) is 23.0 Å². The molecule has 0 aliphatic rings. The maximum Gasteiger partial charge on any atom is 0.245 e. The second-order valence-corrected chi connectivity index (χ2v) is 4.97. The van der Waals surface area contributed by atoms with E-state index < -0.39 is 0 Å². The Kier molecular flexibility index (Phi) is 2.94. The zero-order valence-electron chi connectivity index (χ0n) is 9.97. The van der Waals surface area contributed by atoms with Gasteiger partial charge in [0.05, 0.1) is 5.69 Å². The molecule has 96 valence electrons. The molecule has 2 aromatic heterocycles. The van der Waals surface area contributed by atoms with Crippen LogP contribution in [0, 0.1) is 12.7 Å². The first-order valence-electron chi connectivity index (χ1n) is 5.57. The molecule has 0 radical (unpaired) electrons. The van der Waals surface area contributed by atoms with Gasteiger partial charge in [0, 0.05) is 22.9 Å². The molecule has 0 aliphatic carbocycles. The lowest BCUT2D eigenvalue weighted by atomic mass is 10.3. The molecular weight excluding hydrogens is 313 g/mol. The summed E-state index contributed by atoms with van der Waals surface area (Å²) in [6.07, 6.45) is 3.32. The number of benzene rings is 1. The second kappa shape index (κ2) is 4.62. The van der Waals surface area contributed by atoms with Crippen LogP contribution in [-0.2, 0) is 0 Å². The lowest BCUT2D eigenvalue weighted by Gasteiger charge is -2.06. The van der Waals surface area contributed by atoms with E-state index >= 15 is 0 Å². The molecule has 0 aliphatic heterocycles. The molecular formula is C13H9BrFN3O. The summed E-state index contributed by atoms with van der Waals surface area (Å²) in [4.78, 5) is 4.15. The van der Waals surface area contributed by atoms with Crippen LogP contribution in [0.2, 0.25) is 0 Å². The van der Waals surface area contributed by atoms with Gasteiger partial charge in [-0.25, -0.2) is 13.9 Å². The smallest absolute Gasteiger partial charge is 0.245 e. The van der Waals surface area contributed by atoms with E-state index in [0.717, 1.165) is 11.2 Å². The Hall–Kier alpha value is -1.95. The van der Waals surface area contributed by atoms with Gasteiger partial charge in [-0.3, -0.25) is 0 Å². The highest BCUT2D eigenvalue weighted by Gasteiger charge is 2.08. The van der Waals surface area contributed by atoms with Gasteiger partial charge in [0.25, 0.3) is 0 Å². The maximum absolute atomic E-state index is 13.3. The van der Waals surface area contributed by atoms with Crippen molar-refractivity contribution in [3.63, 3.8) is 0 Å². The quantitative estimate of drug-likeness (QED) is 0.722. The maximum atomic E-state index is 13.3. The zero-order chi connectivity index (χ0) is 13.4. The first kappa shape index (κ1) is 12.1. The summed E-state index contributed by atoms with van der Waals surface area (Å²) in [6, 6.07) is 6.21. The summed E-state index contributed by atoms with van der Waals surface area (Å²) in [5, 5.41) is 4.26. The van der Waals surface area contributed by atoms with Gasteiger partial charge >= 0.3 is 0 Å². The highest BCUT2D eigenvalue weighted by Crippen LogP contribution is 2.27. The number of fused-ring (bicyclic) bond motifs is 1. The van der Waals surface area contributed by atoms with Crippen LogP contribution in [0.3, 0.4) is 0 Å². The number of rotatable bonds is 2. The third-order valence-electron chi connectivity index (χ3n) is 2.53. The third kappa shape index (κ3) is 2.44. The van der Waals surface area contributed by atoms with Gasteiger partial charge in [0.1, 0.15) is 17.1 Å². The Balaban J connectivity index is 2.05. The summed E-state index contributed by atoms with van der Waals surface area (Å²) in [5.74, 6) is 0.396. The minimum atomic E-state index is -0.374. The van der Waals surface area contributed by atoms with Crippen LogP contribution in [0.15, 0.2) is 41.1 Å². The Bertz CT molecular complexity index is 736. The predicted molar refractivity (Wildman–Crippen MR) is 71.9 cm³/mol. The number of ether oxygens (including phenoxy) is 1. The lowest BCUT2D eigenvalue weighted by molar-refractivity contribution is 0.460. The van der Waals surface area contributed by atoms with Gasteiger partial charge in [-0.15, -0.1) is 0 Å². The number of hydrogen-bond donors (Lipinski definition) is 0. The first-order chi connectivity index (χ1) is 9.11. The molecule has 0 fully saturated rings. The fourth-order valence-corrected chi connectivity index (χ4v) is 2.24. The lowest BCUT2D eigenvalue weighted by Crippen LogP contribution is -1.94. The van der Waals surface area contributed by atoms with Crippen LogP contribution in [0.25, 0.3) is 5.52 Å². The van der Waals surface area contributed by atoms with Crippen LogP contribution in [0.1, 0.15) is 5.69 Å². The highest BCUT2D eigenvalue weighted by molar-refractivity contribution is 9.10. The highest BCUT2D eigenvalue weighted by atomic mass is 79.9. The molecule has 3 rings (SSSR count). The third-order valence-corrected chi connectivity index (χ3v) is 2.99. The average molecular weight is 322 g/mol. The summed E-state index contributed by atoms with van der Waals surface area (Å²) in [6.45, 7) is 1.88.